The van der Waals surface area contributed by atoms with Gasteiger partial charge in [0.1, 0.15) is 0 Å². The molecule has 0 aliphatic carbocycles. The predicted molar refractivity (Wildman–Crippen MR) is 62.5 cm³/mol. The van der Waals surface area contributed by atoms with Crippen LogP contribution < -0.4 is 5.32 Å². The van der Waals surface area contributed by atoms with Crippen molar-refractivity contribution in [1.29, 1.82) is 0 Å². The van der Waals surface area contributed by atoms with Crippen LogP contribution in [0.1, 0.15) is 26.7 Å². The zero-order valence-corrected chi connectivity index (χ0v) is 9.84. The average molecular weight is 196 g/mol. The Morgan fingerprint density at radius 2 is 2.00 bits per heavy atom. The molecule has 1 aliphatic heterocycles. The van der Waals surface area contributed by atoms with E-state index in [9.17, 15) is 0 Å². The maximum Gasteiger partial charge on any atom is 0.0137 e. The van der Waals surface area contributed by atoms with Crippen LogP contribution in [-0.4, -0.2) is 38.1 Å². The fraction of sp³-hybridized carbons (Fsp3) is 0.833. The van der Waals surface area contributed by atoms with E-state index < -0.39 is 0 Å². The molecule has 0 bridgehead atoms. The summed E-state index contributed by atoms with van der Waals surface area (Å²) < 4.78 is 0. The monoisotopic (exact) mass is 196 g/mol. The minimum absolute atomic E-state index is 0.900. The molecule has 2 nitrogen and oxygen atoms in total. The Balaban J connectivity index is 2.05. The van der Waals surface area contributed by atoms with Crippen LogP contribution in [0, 0.1) is 5.92 Å². The van der Waals surface area contributed by atoms with Crippen LogP contribution in [0.15, 0.2) is 11.6 Å². The Kier molecular flexibility index (Phi) is 5.20. The molecule has 1 rings (SSSR count). The van der Waals surface area contributed by atoms with Gasteiger partial charge in [0.2, 0.25) is 0 Å². The van der Waals surface area contributed by atoms with Crippen LogP contribution in [-0.2, 0) is 0 Å². The van der Waals surface area contributed by atoms with E-state index in [0.29, 0.717) is 0 Å². The SMILES string of the molecule is CC(C)=CCNCC1CCN(C)CC1. The molecule has 1 N–H and O–H groups in total. The highest BCUT2D eigenvalue weighted by molar-refractivity contribution is 4.94. The number of hydrogen-bond acceptors (Lipinski definition) is 2. The van der Waals surface area contributed by atoms with Crippen LogP contribution in [0.3, 0.4) is 0 Å². The quantitative estimate of drug-likeness (QED) is 0.545. The molecule has 14 heavy (non-hydrogen) atoms. The Morgan fingerprint density at radius 3 is 2.57 bits per heavy atom. The summed E-state index contributed by atoms with van der Waals surface area (Å²) in [6, 6.07) is 0. The lowest BCUT2D eigenvalue weighted by atomic mass is 9.97. The topological polar surface area (TPSA) is 15.3 Å². The summed E-state index contributed by atoms with van der Waals surface area (Å²) in [5.74, 6) is 0.900. The normalized spacial score (nSPS) is 19.6. The number of piperidine rings is 1. The maximum absolute atomic E-state index is 3.51. The van der Waals surface area contributed by atoms with E-state index in [-0.39, 0.29) is 0 Å². The van der Waals surface area contributed by atoms with Crippen molar-refractivity contribution in [2.45, 2.75) is 26.7 Å². The van der Waals surface area contributed by atoms with Crippen molar-refractivity contribution < 1.29 is 0 Å². The smallest absolute Gasteiger partial charge is 0.0137 e. The maximum atomic E-state index is 3.51. The molecular weight excluding hydrogens is 172 g/mol. The van der Waals surface area contributed by atoms with Gasteiger partial charge in [-0.25, -0.2) is 0 Å². The van der Waals surface area contributed by atoms with Crippen molar-refractivity contribution in [2.75, 3.05) is 33.2 Å². The minimum Gasteiger partial charge on any atom is -0.313 e. The van der Waals surface area contributed by atoms with E-state index in [1.165, 1.54) is 38.0 Å². The molecule has 0 unspecified atom stereocenters. The first-order chi connectivity index (χ1) is 6.68. The summed E-state index contributed by atoms with van der Waals surface area (Å²) in [4.78, 5) is 2.42. The van der Waals surface area contributed by atoms with Crippen molar-refractivity contribution >= 4 is 0 Å². The predicted octanol–water partition coefficient (Wildman–Crippen LogP) is 1.88. The number of nitrogens with zero attached hydrogens (tertiary/aromatic N) is 1. The molecule has 0 radical (unpaired) electrons. The molecule has 1 aliphatic rings. The third-order valence-electron chi connectivity index (χ3n) is 2.93. The van der Waals surface area contributed by atoms with Crippen LogP contribution >= 0.6 is 0 Å². The average Bonchev–Trinajstić information content (AvgIpc) is 2.15. The van der Waals surface area contributed by atoms with Crippen molar-refractivity contribution in [3.8, 4) is 0 Å². The van der Waals surface area contributed by atoms with Crippen LogP contribution in [0.2, 0.25) is 0 Å². The zero-order chi connectivity index (χ0) is 10.4. The summed E-state index contributed by atoms with van der Waals surface area (Å²) in [5, 5.41) is 3.51. The summed E-state index contributed by atoms with van der Waals surface area (Å²) in [7, 11) is 2.22. The highest BCUT2D eigenvalue weighted by Gasteiger charge is 2.15. The number of likely N-dealkylation sites (tertiary alicyclic amines) is 1. The molecule has 82 valence electrons. The third-order valence-corrected chi connectivity index (χ3v) is 2.93. The molecular formula is C12H24N2. The van der Waals surface area contributed by atoms with Gasteiger partial charge in [0, 0.05) is 6.54 Å². The second-order valence-corrected chi connectivity index (χ2v) is 4.69. The van der Waals surface area contributed by atoms with Crippen LogP contribution in [0.25, 0.3) is 0 Å². The van der Waals surface area contributed by atoms with Gasteiger partial charge in [0.25, 0.3) is 0 Å². The van der Waals surface area contributed by atoms with Crippen LogP contribution in [0.4, 0.5) is 0 Å². The number of allylic oxidation sites excluding steroid dienone is 1. The van der Waals surface area contributed by atoms with E-state index in [2.05, 4.69) is 37.2 Å². The van der Waals surface area contributed by atoms with Crippen molar-refractivity contribution in [1.82, 2.24) is 10.2 Å². The molecule has 2 heteroatoms. The van der Waals surface area contributed by atoms with Crippen molar-refractivity contribution in [3.05, 3.63) is 11.6 Å². The summed E-state index contributed by atoms with van der Waals surface area (Å²) in [6.45, 7) is 9.07. The zero-order valence-electron chi connectivity index (χ0n) is 9.84. The second-order valence-electron chi connectivity index (χ2n) is 4.69. The van der Waals surface area contributed by atoms with Gasteiger partial charge < -0.3 is 10.2 Å². The standard InChI is InChI=1S/C12H24N2/c1-11(2)4-7-13-10-12-5-8-14(3)9-6-12/h4,12-13H,5-10H2,1-3H3. The van der Waals surface area contributed by atoms with E-state index >= 15 is 0 Å². The summed E-state index contributed by atoms with van der Waals surface area (Å²) >= 11 is 0. The largest absolute Gasteiger partial charge is 0.313 e. The summed E-state index contributed by atoms with van der Waals surface area (Å²) in [6.07, 6.45) is 4.98. The number of hydrogen-bond donors (Lipinski definition) is 1. The highest BCUT2D eigenvalue weighted by atomic mass is 15.1. The van der Waals surface area contributed by atoms with Crippen molar-refractivity contribution in [3.63, 3.8) is 0 Å². The first-order valence-corrected chi connectivity index (χ1v) is 5.71. The molecule has 0 saturated carbocycles. The van der Waals surface area contributed by atoms with E-state index in [4.69, 9.17) is 0 Å². The van der Waals surface area contributed by atoms with Gasteiger partial charge in [0.05, 0.1) is 0 Å². The fourth-order valence-corrected chi connectivity index (χ4v) is 1.83. The van der Waals surface area contributed by atoms with E-state index in [0.717, 1.165) is 12.5 Å². The lowest BCUT2D eigenvalue weighted by molar-refractivity contribution is 0.217. The van der Waals surface area contributed by atoms with Gasteiger partial charge in [-0.3, -0.25) is 0 Å². The Labute approximate surface area is 88.4 Å². The Bertz CT molecular complexity index is 175. The molecule has 0 aromatic heterocycles. The number of nitrogens with one attached hydrogen (secondary N) is 1. The van der Waals surface area contributed by atoms with E-state index in [1.807, 2.05) is 0 Å². The van der Waals surface area contributed by atoms with Gasteiger partial charge in [-0.2, -0.15) is 0 Å². The van der Waals surface area contributed by atoms with Gasteiger partial charge in [-0.05, 0) is 59.3 Å². The molecule has 0 aromatic carbocycles. The lowest BCUT2D eigenvalue weighted by Gasteiger charge is -2.28. The molecule has 0 atom stereocenters. The minimum atomic E-state index is 0.900. The fourth-order valence-electron chi connectivity index (χ4n) is 1.83. The Hall–Kier alpha value is -0.340. The molecule has 0 aromatic rings. The first kappa shape index (κ1) is 11.7. The third kappa shape index (κ3) is 4.77. The molecule has 1 saturated heterocycles. The van der Waals surface area contributed by atoms with E-state index in [1.54, 1.807) is 0 Å². The Morgan fingerprint density at radius 1 is 1.36 bits per heavy atom. The molecule has 1 heterocycles. The first-order valence-electron chi connectivity index (χ1n) is 5.71. The lowest BCUT2D eigenvalue weighted by Crippen LogP contribution is -2.35. The van der Waals surface area contributed by atoms with Gasteiger partial charge in [-0.15, -0.1) is 0 Å². The van der Waals surface area contributed by atoms with Gasteiger partial charge in [0.15, 0.2) is 0 Å². The number of rotatable bonds is 4. The highest BCUT2D eigenvalue weighted by Crippen LogP contribution is 2.14. The second kappa shape index (κ2) is 6.20. The summed E-state index contributed by atoms with van der Waals surface area (Å²) in [5.41, 5.74) is 1.40. The molecule has 1 fully saturated rings. The molecule has 0 amide bonds. The van der Waals surface area contributed by atoms with Crippen molar-refractivity contribution in [2.24, 2.45) is 5.92 Å². The van der Waals surface area contributed by atoms with Crippen LogP contribution in [0.5, 0.6) is 0 Å². The molecule has 0 spiro atoms. The van der Waals surface area contributed by atoms with Gasteiger partial charge >= 0.3 is 0 Å². The van der Waals surface area contributed by atoms with Gasteiger partial charge in [-0.1, -0.05) is 11.6 Å².